The van der Waals surface area contributed by atoms with Gasteiger partial charge in [-0.1, -0.05) is 43.8 Å². The summed E-state index contributed by atoms with van der Waals surface area (Å²) in [6.07, 6.45) is 0. The number of thiophene rings is 1. The first-order valence-electron chi connectivity index (χ1n) is 7.57. The summed E-state index contributed by atoms with van der Waals surface area (Å²) in [6, 6.07) is 10.4. The van der Waals surface area contributed by atoms with Gasteiger partial charge in [0, 0.05) is 16.3 Å². The Morgan fingerprint density at radius 3 is 2.83 bits per heavy atom. The molecule has 0 spiro atoms. The largest absolute Gasteiger partial charge is 0.324 e. The van der Waals surface area contributed by atoms with Crippen LogP contribution in [0, 0.1) is 6.92 Å². The average molecular weight is 345 g/mol. The van der Waals surface area contributed by atoms with Gasteiger partial charge in [-0.3, -0.25) is 0 Å². The number of benzene rings is 1. The molecule has 0 bridgehead atoms. The van der Waals surface area contributed by atoms with Crippen molar-refractivity contribution in [2.45, 2.75) is 37.6 Å². The molecule has 120 valence electrons. The molecule has 0 aliphatic heterocycles. The number of para-hydroxylation sites is 1. The van der Waals surface area contributed by atoms with Crippen LogP contribution >= 0.6 is 23.1 Å². The lowest BCUT2D eigenvalue weighted by molar-refractivity contribution is 0.868. The summed E-state index contributed by atoms with van der Waals surface area (Å²) in [4.78, 5) is 5.90. The van der Waals surface area contributed by atoms with Crippen LogP contribution in [0.5, 0.6) is 0 Å². The van der Waals surface area contributed by atoms with Crippen LogP contribution in [0.3, 0.4) is 0 Å². The molecule has 0 fully saturated rings. The minimum atomic E-state index is 0.456. The number of rotatable bonds is 6. The molecule has 4 nitrogen and oxygen atoms in total. The number of hydrogen-bond donors (Lipinski definition) is 2. The molecule has 3 aromatic rings. The molecule has 0 atom stereocenters. The summed E-state index contributed by atoms with van der Waals surface area (Å²) in [7, 11) is 0. The zero-order chi connectivity index (χ0) is 16.2. The molecule has 23 heavy (non-hydrogen) atoms. The molecule has 0 unspecified atom stereocenters. The van der Waals surface area contributed by atoms with E-state index < -0.39 is 0 Å². The van der Waals surface area contributed by atoms with Crippen LogP contribution in [-0.4, -0.2) is 15.2 Å². The summed E-state index contributed by atoms with van der Waals surface area (Å²) < 4.78 is 0. The SMILES string of the molecule is Cc1ccsc1CSc1n[nH]c(Nc2ccccc2C(C)C)n1. The zero-order valence-corrected chi connectivity index (χ0v) is 15.1. The fourth-order valence-corrected chi connectivity index (χ4v) is 4.18. The van der Waals surface area contributed by atoms with Crippen LogP contribution in [0.2, 0.25) is 0 Å². The standard InChI is InChI=1S/C17H20N4S2/c1-11(2)13-6-4-5-7-14(13)18-16-19-17(21-20-16)23-10-15-12(3)8-9-22-15/h4-9,11H,10H2,1-3H3,(H2,18,19,20,21). The number of H-pyrrole nitrogens is 1. The first-order chi connectivity index (χ1) is 11.1. The van der Waals surface area contributed by atoms with E-state index in [1.54, 1.807) is 23.1 Å². The second-order valence-corrected chi connectivity index (χ2v) is 7.59. The fraction of sp³-hybridized carbons (Fsp3) is 0.294. The van der Waals surface area contributed by atoms with E-state index in [0.29, 0.717) is 11.9 Å². The number of anilines is 2. The Kier molecular flexibility index (Phi) is 5.03. The van der Waals surface area contributed by atoms with Gasteiger partial charge in [-0.05, 0) is 41.5 Å². The highest BCUT2D eigenvalue weighted by molar-refractivity contribution is 7.98. The smallest absolute Gasteiger partial charge is 0.223 e. The second kappa shape index (κ2) is 7.19. The van der Waals surface area contributed by atoms with Crippen LogP contribution < -0.4 is 5.32 Å². The second-order valence-electron chi connectivity index (χ2n) is 5.65. The van der Waals surface area contributed by atoms with E-state index in [4.69, 9.17) is 0 Å². The predicted molar refractivity (Wildman–Crippen MR) is 98.8 cm³/mol. The molecule has 0 radical (unpaired) electrons. The van der Waals surface area contributed by atoms with Crippen molar-refractivity contribution < 1.29 is 0 Å². The fourth-order valence-electron chi connectivity index (χ4n) is 2.29. The lowest BCUT2D eigenvalue weighted by Crippen LogP contribution is -1.98. The van der Waals surface area contributed by atoms with Gasteiger partial charge >= 0.3 is 0 Å². The highest BCUT2D eigenvalue weighted by atomic mass is 32.2. The van der Waals surface area contributed by atoms with Crippen LogP contribution in [0.1, 0.15) is 35.8 Å². The maximum Gasteiger partial charge on any atom is 0.223 e. The van der Waals surface area contributed by atoms with Gasteiger partial charge in [0.1, 0.15) is 0 Å². The molecule has 2 aromatic heterocycles. The summed E-state index contributed by atoms with van der Waals surface area (Å²) in [5.74, 6) is 2.05. The number of hydrogen-bond acceptors (Lipinski definition) is 5. The van der Waals surface area contributed by atoms with E-state index in [2.05, 4.69) is 70.9 Å². The maximum atomic E-state index is 4.52. The Labute approximate surface area is 144 Å². The molecule has 0 aliphatic carbocycles. The number of thioether (sulfide) groups is 1. The molecular formula is C17H20N4S2. The van der Waals surface area contributed by atoms with Gasteiger partial charge in [-0.2, -0.15) is 4.98 Å². The van der Waals surface area contributed by atoms with Crippen LogP contribution in [-0.2, 0) is 5.75 Å². The van der Waals surface area contributed by atoms with Crippen molar-refractivity contribution in [3.05, 3.63) is 51.7 Å². The number of aryl methyl sites for hydroxylation is 1. The molecule has 1 aromatic carbocycles. The summed E-state index contributed by atoms with van der Waals surface area (Å²) >= 11 is 3.43. The Bertz CT molecular complexity index is 776. The number of aromatic nitrogens is 3. The lowest BCUT2D eigenvalue weighted by atomic mass is 10.0. The van der Waals surface area contributed by atoms with E-state index >= 15 is 0 Å². The maximum absolute atomic E-state index is 4.52. The average Bonchev–Trinajstić information content (AvgIpc) is 3.14. The monoisotopic (exact) mass is 344 g/mol. The third-order valence-corrected chi connectivity index (χ3v) is 5.68. The van der Waals surface area contributed by atoms with Crippen LogP contribution in [0.4, 0.5) is 11.6 Å². The zero-order valence-electron chi connectivity index (χ0n) is 13.5. The summed E-state index contributed by atoms with van der Waals surface area (Å²) in [6.45, 7) is 6.51. The van der Waals surface area contributed by atoms with Crippen molar-refractivity contribution in [3.63, 3.8) is 0 Å². The van der Waals surface area contributed by atoms with Gasteiger partial charge < -0.3 is 5.32 Å². The van der Waals surface area contributed by atoms with E-state index in [9.17, 15) is 0 Å². The van der Waals surface area contributed by atoms with Crippen molar-refractivity contribution in [2.24, 2.45) is 0 Å². The van der Waals surface area contributed by atoms with Gasteiger partial charge in [-0.15, -0.1) is 16.4 Å². The van der Waals surface area contributed by atoms with E-state index in [1.807, 2.05) is 6.07 Å². The van der Waals surface area contributed by atoms with Gasteiger partial charge in [0.25, 0.3) is 0 Å². The van der Waals surface area contributed by atoms with Crippen LogP contribution in [0.15, 0.2) is 40.9 Å². The van der Waals surface area contributed by atoms with Gasteiger partial charge in [0.05, 0.1) is 0 Å². The number of nitrogens with one attached hydrogen (secondary N) is 2. The molecular weight excluding hydrogens is 324 g/mol. The minimum absolute atomic E-state index is 0.456. The van der Waals surface area contributed by atoms with Crippen molar-refractivity contribution >= 4 is 34.7 Å². The van der Waals surface area contributed by atoms with Crippen LogP contribution in [0.25, 0.3) is 0 Å². The number of aromatic amines is 1. The van der Waals surface area contributed by atoms with Gasteiger partial charge in [-0.25, -0.2) is 5.10 Å². The molecule has 6 heteroatoms. The molecule has 0 aliphatic rings. The lowest BCUT2D eigenvalue weighted by Gasteiger charge is -2.12. The molecule has 0 saturated heterocycles. The Balaban J connectivity index is 1.67. The Hall–Kier alpha value is -1.79. The molecule has 0 amide bonds. The van der Waals surface area contributed by atoms with Gasteiger partial charge in [0.15, 0.2) is 0 Å². The Morgan fingerprint density at radius 1 is 1.26 bits per heavy atom. The molecule has 3 rings (SSSR count). The number of nitrogens with zero attached hydrogens (tertiary/aromatic N) is 2. The molecule has 0 saturated carbocycles. The van der Waals surface area contributed by atoms with Crippen molar-refractivity contribution in [1.82, 2.24) is 15.2 Å². The van der Waals surface area contributed by atoms with Gasteiger partial charge in [0.2, 0.25) is 11.1 Å². The molecule has 2 heterocycles. The van der Waals surface area contributed by atoms with E-state index in [-0.39, 0.29) is 0 Å². The summed E-state index contributed by atoms with van der Waals surface area (Å²) in [5.41, 5.74) is 3.68. The highest BCUT2D eigenvalue weighted by Gasteiger charge is 2.10. The molecule has 2 N–H and O–H groups in total. The summed E-state index contributed by atoms with van der Waals surface area (Å²) in [5, 5.41) is 13.5. The van der Waals surface area contributed by atoms with Crippen molar-refractivity contribution in [3.8, 4) is 0 Å². The first kappa shape index (κ1) is 16.1. The highest BCUT2D eigenvalue weighted by Crippen LogP contribution is 2.28. The Morgan fingerprint density at radius 2 is 2.09 bits per heavy atom. The third-order valence-electron chi connectivity index (χ3n) is 3.60. The normalized spacial score (nSPS) is 11.1. The topological polar surface area (TPSA) is 53.6 Å². The minimum Gasteiger partial charge on any atom is -0.324 e. The van der Waals surface area contributed by atoms with Crippen molar-refractivity contribution in [2.75, 3.05) is 5.32 Å². The quantitative estimate of drug-likeness (QED) is 0.593. The third kappa shape index (κ3) is 3.95. The van der Waals surface area contributed by atoms with Crippen molar-refractivity contribution in [1.29, 1.82) is 0 Å². The first-order valence-corrected chi connectivity index (χ1v) is 9.44. The predicted octanol–water partition coefficient (Wildman–Crippen LogP) is 5.33. The van der Waals surface area contributed by atoms with E-state index in [0.717, 1.165) is 16.6 Å². The van der Waals surface area contributed by atoms with E-state index in [1.165, 1.54) is 16.0 Å².